The van der Waals surface area contributed by atoms with Crippen LogP contribution < -0.4 is 0 Å². The average Bonchev–Trinajstić information content (AvgIpc) is 2.44. The Morgan fingerprint density at radius 3 is 2.07 bits per heavy atom. The Balaban J connectivity index is 2.42. The van der Waals surface area contributed by atoms with Gasteiger partial charge in [0, 0.05) is 0 Å². The van der Waals surface area contributed by atoms with Crippen LogP contribution in [0.1, 0.15) is 45.6 Å². The van der Waals surface area contributed by atoms with Gasteiger partial charge in [-0.1, -0.05) is 57.5 Å². The van der Waals surface area contributed by atoms with Crippen LogP contribution in [0.15, 0.2) is 30.3 Å². The third kappa shape index (κ3) is 1.28. The van der Waals surface area contributed by atoms with Gasteiger partial charge in [-0.15, -0.1) is 0 Å². The number of rotatable bonds is 1. The molecular weight excluding hydrogens is 168 g/mol. The second-order valence-corrected chi connectivity index (χ2v) is 5.44. The van der Waals surface area contributed by atoms with Gasteiger partial charge >= 0.3 is 0 Å². The van der Waals surface area contributed by atoms with Crippen LogP contribution in [-0.4, -0.2) is 0 Å². The summed E-state index contributed by atoms with van der Waals surface area (Å²) in [5.41, 5.74) is 2.35. The van der Waals surface area contributed by atoms with Crippen molar-refractivity contribution in [2.45, 2.75) is 45.4 Å². The van der Waals surface area contributed by atoms with Gasteiger partial charge in [0.25, 0.3) is 0 Å². The lowest BCUT2D eigenvalue weighted by Crippen LogP contribution is -2.33. The standard InChI is InChI=1S/C14H20/c1-13(2)10-7-11-14(13,3)12-8-5-4-6-9-12/h4-6,8-9H,7,10-11H2,1-3H3. The summed E-state index contributed by atoms with van der Waals surface area (Å²) in [4.78, 5) is 0. The molecule has 0 spiro atoms. The van der Waals surface area contributed by atoms with Crippen LogP contribution in [0, 0.1) is 5.41 Å². The highest BCUT2D eigenvalue weighted by Crippen LogP contribution is 2.53. The maximum atomic E-state index is 2.43. The van der Waals surface area contributed by atoms with E-state index in [0.29, 0.717) is 10.8 Å². The summed E-state index contributed by atoms with van der Waals surface area (Å²) >= 11 is 0. The Morgan fingerprint density at radius 2 is 1.57 bits per heavy atom. The molecule has 1 aliphatic rings. The Hall–Kier alpha value is -0.780. The molecule has 0 nitrogen and oxygen atoms in total. The van der Waals surface area contributed by atoms with Gasteiger partial charge in [-0.25, -0.2) is 0 Å². The Kier molecular flexibility index (Phi) is 2.17. The lowest BCUT2D eigenvalue weighted by Gasteiger charge is -2.39. The molecule has 1 atom stereocenters. The largest absolute Gasteiger partial charge is 0.0622 e. The molecule has 76 valence electrons. The Bertz CT molecular complexity index is 310. The SMILES string of the molecule is CC1(C)CCCC1(C)c1ccccc1. The molecule has 1 aromatic carbocycles. The van der Waals surface area contributed by atoms with E-state index in [9.17, 15) is 0 Å². The minimum Gasteiger partial charge on any atom is -0.0622 e. The first kappa shape index (κ1) is 9.76. The zero-order valence-electron chi connectivity index (χ0n) is 9.51. The van der Waals surface area contributed by atoms with Gasteiger partial charge in [0.1, 0.15) is 0 Å². The predicted octanol–water partition coefficient (Wildman–Crippen LogP) is 4.15. The molecule has 0 heteroatoms. The maximum Gasteiger partial charge on any atom is -0.00242 e. The molecule has 0 amide bonds. The van der Waals surface area contributed by atoms with Gasteiger partial charge in [-0.2, -0.15) is 0 Å². The first-order chi connectivity index (χ1) is 6.56. The number of hydrogen-bond acceptors (Lipinski definition) is 0. The van der Waals surface area contributed by atoms with Crippen molar-refractivity contribution >= 4 is 0 Å². The fourth-order valence-corrected chi connectivity index (χ4v) is 2.84. The second-order valence-electron chi connectivity index (χ2n) is 5.44. The summed E-state index contributed by atoms with van der Waals surface area (Å²) in [6.45, 7) is 7.25. The molecule has 0 N–H and O–H groups in total. The van der Waals surface area contributed by atoms with E-state index in [1.165, 1.54) is 24.8 Å². The molecule has 1 unspecified atom stereocenters. The van der Waals surface area contributed by atoms with E-state index in [1.54, 1.807) is 0 Å². The summed E-state index contributed by atoms with van der Waals surface area (Å²) in [6, 6.07) is 11.0. The maximum absolute atomic E-state index is 2.43. The lowest BCUT2D eigenvalue weighted by atomic mass is 9.65. The minimum atomic E-state index is 0.383. The van der Waals surface area contributed by atoms with E-state index >= 15 is 0 Å². The fraction of sp³-hybridized carbons (Fsp3) is 0.571. The van der Waals surface area contributed by atoms with Gasteiger partial charge in [0.2, 0.25) is 0 Å². The van der Waals surface area contributed by atoms with Crippen LogP contribution >= 0.6 is 0 Å². The van der Waals surface area contributed by atoms with E-state index < -0.39 is 0 Å². The minimum absolute atomic E-state index is 0.383. The van der Waals surface area contributed by atoms with E-state index in [-0.39, 0.29) is 0 Å². The normalized spacial score (nSPS) is 30.5. The fourth-order valence-electron chi connectivity index (χ4n) is 2.84. The Labute approximate surface area is 87.3 Å². The van der Waals surface area contributed by atoms with Crippen molar-refractivity contribution in [3.63, 3.8) is 0 Å². The van der Waals surface area contributed by atoms with Crippen molar-refractivity contribution in [2.24, 2.45) is 5.41 Å². The van der Waals surface area contributed by atoms with Crippen LogP contribution in [0.25, 0.3) is 0 Å². The highest BCUT2D eigenvalue weighted by atomic mass is 14.5. The molecule has 1 fully saturated rings. The van der Waals surface area contributed by atoms with E-state index in [4.69, 9.17) is 0 Å². The van der Waals surface area contributed by atoms with Crippen molar-refractivity contribution in [1.29, 1.82) is 0 Å². The molecule has 0 aliphatic heterocycles. The number of benzene rings is 1. The number of hydrogen-bond donors (Lipinski definition) is 0. The monoisotopic (exact) mass is 188 g/mol. The summed E-state index contributed by atoms with van der Waals surface area (Å²) in [7, 11) is 0. The molecule has 0 radical (unpaired) electrons. The summed E-state index contributed by atoms with van der Waals surface area (Å²) in [5, 5.41) is 0. The Morgan fingerprint density at radius 1 is 0.929 bits per heavy atom. The van der Waals surface area contributed by atoms with Gasteiger partial charge in [0.15, 0.2) is 0 Å². The van der Waals surface area contributed by atoms with Gasteiger partial charge in [0.05, 0.1) is 0 Å². The van der Waals surface area contributed by atoms with Crippen LogP contribution in [0.2, 0.25) is 0 Å². The summed E-state index contributed by atoms with van der Waals surface area (Å²) < 4.78 is 0. The summed E-state index contributed by atoms with van der Waals surface area (Å²) in [6.07, 6.45) is 4.07. The first-order valence-electron chi connectivity index (χ1n) is 5.62. The van der Waals surface area contributed by atoms with Crippen molar-refractivity contribution < 1.29 is 0 Å². The molecule has 14 heavy (non-hydrogen) atoms. The predicted molar refractivity (Wildman–Crippen MR) is 61.4 cm³/mol. The lowest BCUT2D eigenvalue weighted by molar-refractivity contribution is 0.225. The third-order valence-electron chi connectivity index (χ3n) is 4.38. The molecule has 0 bridgehead atoms. The molecule has 0 saturated heterocycles. The van der Waals surface area contributed by atoms with Crippen LogP contribution in [0.5, 0.6) is 0 Å². The highest BCUT2D eigenvalue weighted by Gasteiger charge is 2.45. The van der Waals surface area contributed by atoms with Gasteiger partial charge in [-0.05, 0) is 29.2 Å². The van der Waals surface area contributed by atoms with Crippen molar-refractivity contribution in [1.82, 2.24) is 0 Å². The van der Waals surface area contributed by atoms with E-state index in [2.05, 4.69) is 51.1 Å². The molecule has 2 rings (SSSR count). The molecule has 1 aliphatic carbocycles. The topological polar surface area (TPSA) is 0 Å². The molecule has 1 saturated carbocycles. The van der Waals surface area contributed by atoms with Crippen LogP contribution in [-0.2, 0) is 5.41 Å². The van der Waals surface area contributed by atoms with Crippen molar-refractivity contribution in [3.8, 4) is 0 Å². The molecule has 0 heterocycles. The highest BCUT2D eigenvalue weighted by molar-refractivity contribution is 5.28. The average molecular weight is 188 g/mol. The van der Waals surface area contributed by atoms with Crippen LogP contribution in [0.4, 0.5) is 0 Å². The smallest absolute Gasteiger partial charge is 0.00242 e. The molecule has 0 aromatic heterocycles. The first-order valence-corrected chi connectivity index (χ1v) is 5.62. The third-order valence-corrected chi connectivity index (χ3v) is 4.38. The van der Waals surface area contributed by atoms with Crippen molar-refractivity contribution in [3.05, 3.63) is 35.9 Å². The zero-order chi connectivity index (χ0) is 10.2. The quantitative estimate of drug-likeness (QED) is 0.621. The summed E-state index contributed by atoms with van der Waals surface area (Å²) in [5.74, 6) is 0. The van der Waals surface area contributed by atoms with Crippen molar-refractivity contribution in [2.75, 3.05) is 0 Å². The molecule has 1 aromatic rings. The van der Waals surface area contributed by atoms with E-state index in [0.717, 1.165) is 0 Å². The molecular formula is C14H20. The second kappa shape index (κ2) is 3.12. The van der Waals surface area contributed by atoms with E-state index in [1.807, 2.05) is 0 Å². The van der Waals surface area contributed by atoms with Gasteiger partial charge < -0.3 is 0 Å². The zero-order valence-corrected chi connectivity index (χ0v) is 9.51. The van der Waals surface area contributed by atoms with Crippen LogP contribution in [0.3, 0.4) is 0 Å². The van der Waals surface area contributed by atoms with Gasteiger partial charge in [-0.3, -0.25) is 0 Å².